The smallest absolute Gasteiger partial charge is 0.335 e. The lowest BCUT2D eigenvalue weighted by atomic mass is 10.0. The van der Waals surface area contributed by atoms with Crippen molar-refractivity contribution in [3.63, 3.8) is 0 Å². The predicted molar refractivity (Wildman–Crippen MR) is 142 cm³/mol. The fourth-order valence-corrected chi connectivity index (χ4v) is 3.99. The van der Waals surface area contributed by atoms with Gasteiger partial charge in [-0.15, -0.1) is 0 Å². The molecule has 0 radical (unpaired) electrons. The molecule has 0 aliphatic rings. The van der Waals surface area contributed by atoms with E-state index in [9.17, 15) is 9.59 Å². The lowest BCUT2D eigenvalue weighted by molar-refractivity contribution is 0.0696. The Hall–Kier alpha value is -4.09. The number of rotatable bonds is 10. The number of ether oxygens (including phenoxy) is 1. The zero-order valence-electron chi connectivity index (χ0n) is 19.6. The molecule has 2 N–H and O–H groups in total. The minimum atomic E-state index is -0.942. The Morgan fingerprint density at radius 3 is 2.08 bits per heavy atom. The molecule has 36 heavy (non-hydrogen) atoms. The van der Waals surface area contributed by atoms with E-state index < -0.39 is 5.97 Å². The molecule has 4 rings (SSSR count). The summed E-state index contributed by atoms with van der Waals surface area (Å²) in [4.78, 5) is 23.9. The summed E-state index contributed by atoms with van der Waals surface area (Å²) >= 11 is 6.15. The second-order valence-electron chi connectivity index (χ2n) is 8.31. The summed E-state index contributed by atoms with van der Waals surface area (Å²) in [5.74, 6) is -0.670. The molecule has 0 unspecified atom stereocenters. The number of halogens is 1. The maximum Gasteiger partial charge on any atom is 0.335 e. The van der Waals surface area contributed by atoms with Crippen LogP contribution in [0.3, 0.4) is 0 Å². The summed E-state index contributed by atoms with van der Waals surface area (Å²) in [5.41, 5.74) is 4.86. The molecular weight excluding hydrogens is 474 g/mol. The standard InChI is InChI=1S/C30H26ClNO4/c31-26-14-15-28(36-19-17-21-4-2-1-3-5-21)27(20-26)29(33)32-18-16-22-6-8-23(9-7-22)24-10-12-25(13-11-24)30(34)35/h1-15,20H,16-19H2,(H,32,33)(H,34,35). The molecular formula is C30H26ClNO4. The fourth-order valence-electron chi connectivity index (χ4n) is 3.81. The highest BCUT2D eigenvalue weighted by molar-refractivity contribution is 6.31. The number of aromatic carboxylic acids is 1. The van der Waals surface area contributed by atoms with Gasteiger partial charge >= 0.3 is 5.97 Å². The lowest BCUT2D eigenvalue weighted by Crippen LogP contribution is -2.26. The number of nitrogens with one attached hydrogen (secondary N) is 1. The van der Waals surface area contributed by atoms with Crippen molar-refractivity contribution >= 4 is 23.5 Å². The highest BCUT2D eigenvalue weighted by Crippen LogP contribution is 2.24. The van der Waals surface area contributed by atoms with Gasteiger partial charge in [0.25, 0.3) is 5.91 Å². The van der Waals surface area contributed by atoms with Crippen LogP contribution in [0.15, 0.2) is 97.1 Å². The van der Waals surface area contributed by atoms with Gasteiger partial charge in [-0.25, -0.2) is 4.79 Å². The zero-order valence-corrected chi connectivity index (χ0v) is 20.4. The predicted octanol–water partition coefficient (Wildman–Crippen LogP) is 6.30. The Morgan fingerprint density at radius 2 is 1.42 bits per heavy atom. The van der Waals surface area contributed by atoms with Crippen molar-refractivity contribution in [2.45, 2.75) is 12.8 Å². The first-order valence-corrected chi connectivity index (χ1v) is 12.0. The molecule has 5 nitrogen and oxygen atoms in total. The Balaban J connectivity index is 1.31. The van der Waals surface area contributed by atoms with Crippen LogP contribution in [0.2, 0.25) is 5.02 Å². The lowest BCUT2D eigenvalue weighted by Gasteiger charge is -2.13. The molecule has 0 aliphatic carbocycles. The van der Waals surface area contributed by atoms with Crippen molar-refractivity contribution in [2.24, 2.45) is 0 Å². The van der Waals surface area contributed by atoms with Crippen LogP contribution in [0.4, 0.5) is 0 Å². The third-order valence-electron chi connectivity index (χ3n) is 5.80. The fraction of sp³-hybridized carbons (Fsp3) is 0.133. The van der Waals surface area contributed by atoms with E-state index in [0.717, 1.165) is 23.1 Å². The molecule has 182 valence electrons. The SMILES string of the molecule is O=C(O)c1ccc(-c2ccc(CCNC(=O)c3cc(Cl)ccc3OCCc3ccccc3)cc2)cc1. The summed E-state index contributed by atoms with van der Waals surface area (Å²) < 4.78 is 5.91. The number of hydrogen-bond donors (Lipinski definition) is 2. The quantitative estimate of drug-likeness (QED) is 0.268. The van der Waals surface area contributed by atoms with Gasteiger partial charge in [0.2, 0.25) is 0 Å². The van der Waals surface area contributed by atoms with Crippen molar-refractivity contribution in [1.29, 1.82) is 0 Å². The number of benzene rings is 4. The van der Waals surface area contributed by atoms with Crippen LogP contribution in [0.1, 0.15) is 31.8 Å². The third-order valence-corrected chi connectivity index (χ3v) is 6.03. The average molecular weight is 500 g/mol. The molecule has 0 aromatic heterocycles. The minimum absolute atomic E-state index is 0.234. The molecule has 0 bridgehead atoms. The van der Waals surface area contributed by atoms with E-state index in [1.165, 1.54) is 5.56 Å². The molecule has 4 aromatic rings. The van der Waals surface area contributed by atoms with E-state index in [2.05, 4.69) is 5.32 Å². The highest BCUT2D eigenvalue weighted by atomic mass is 35.5. The molecule has 6 heteroatoms. The monoisotopic (exact) mass is 499 g/mol. The van der Waals surface area contributed by atoms with Crippen molar-refractivity contribution in [3.05, 3.63) is 124 Å². The largest absolute Gasteiger partial charge is 0.492 e. The normalized spacial score (nSPS) is 10.6. The van der Waals surface area contributed by atoms with E-state index in [0.29, 0.717) is 35.9 Å². The van der Waals surface area contributed by atoms with Crippen LogP contribution in [-0.2, 0) is 12.8 Å². The van der Waals surface area contributed by atoms with Gasteiger partial charge in [-0.05, 0) is 59.0 Å². The van der Waals surface area contributed by atoms with Gasteiger partial charge in [0.15, 0.2) is 0 Å². The maximum atomic E-state index is 12.9. The number of hydrogen-bond acceptors (Lipinski definition) is 3. The molecule has 0 heterocycles. The van der Waals surface area contributed by atoms with Crippen molar-refractivity contribution < 1.29 is 19.4 Å². The molecule has 0 spiro atoms. The van der Waals surface area contributed by atoms with E-state index in [1.54, 1.807) is 42.5 Å². The van der Waals surface area contributed by atoms with Crippen molar-refractivity contribution in [2.75, 3.05) is 13.2 Å². The van der Waals surface area contributed by atoms with Crippen molar-refractivity contribution in [3.8, 4) is 16.9 Å². The second kappa shape index (κ2) is 12.0. The zero-order chi connectivity index (χ0) is 25.3. The number of carbonyl (C=O) groups is 2. The third kappa shape index (κ3) is 6.74. The summed E-state index contributed by atoms with van der Waals surface area (Å²) in [6.07, 6.45) is 1.40. The Morgan fingerprint density at radius 1 is 0.778 bits per heavy atom. The van der Waals surface area contributed by atoms with Crippen LogP contribution in [0.5, 0.6) is 5.75 Å². The summed E-state index contributed by atoms with van der Waals surface area (Å²) in [6.45, 7) is 0.915. The average Bonchev–Trinajstić information content (AvgIpc) is 2.90. The Bertz CT molecular complexity index is 1320. The Labute approximate surface area is 215 Å². The summed E-state index contributed by atoms with van der Waals surface area (Å²) in [5, 5.41) is 12.5. The molecule has 1 amide bonds. The summed E-state index contributed by atoms with van der Waals surface area (Å²) in [6, 6.07) is 29.9. The molecule has 0 saturated heterocycles. The van der Waals surface area contributed by atoms with Crippen LogP contribution in [-0.4, -0.2) is 30.1 Å². The maximum absolute atomic E-state index is 12.9. The number of amides is 1. The molecule has 0 aliphatic heterocycles. The van der Waals surface area contributed by atoms with Gasteiger partial charge in [-0.1, -0.05) is 78.3 Å². The van der Waals surface area contributed by atoms with Gasteiger partial charge in [-0.2, -0.15) is 0 Å². The van der Waals surface area contributed by atoms with Gasteiger partial charge < -0.3 is 15.2 Å². The first-order chi connectivity index (χ1) is 17.5. The van der Waals surface area contributed by atoms with E-state index in [1.807, 2.05) is 54.6 Å². The first-order valence-electron chi connectivity index (χ1n) is 11.7. The molecule has 0 atom stereocenters. The van der Waals surface area contributed by atoms with Crippen molar-refractivity contribution in [1.82, 2.24) is 5.32 Å². The topological polar surface area (TPSA) is 75.6 Å². The number of carboxylic acids is 1. The number of carboxylic acid groups (broad SMARTS) is 1. The van der Waals surface area contributed by atoms with E-state index in [4.69, 9.17) is 21.4 Å². The molecule has 0 fully saturated rings. The number of carbonyl (C=O) groups excluding carboxylic acids is 1. The first kappa shape index (κ1) is 25.0. The minimum Gasteiger partial charge on any atom is -0.492 e. The summed E-state index contributed by atoms with van der Waals surface area (Å²) in [7, 11) is 0. The van der Waals surface area contributed by atoms with Crippen LogP contribution >= 0.6 is 11.6 Å². The van der Waals surface area contributed by atoms with Crippen LogP contribution in [0.25, 0.3) is 11.1 Å². The van der Waals surface area contributed by atoms with Gasteiger partial charge in [0.1, 0.15) is 5.75 Å². The van der Waals surface area contributed by atoms with Gasteiger partial charge in [0.05, 0.1) is 17.7 Å². The van der Waals surface area contributed by atoms with Gasteiger partial charge in [-0.3, -0.25) is 4.79 Å². The highest BCUT2D eigenvalue weighted by Gasteiger charge is 2.13. The van der Waals surface area contributed by atoms with Gasteiger partial charge in [0, 0.05) is 18.0 Å². The molecule has 4 aromatic carbocycles. The Kier molecular flexibility index (Phi) is 8.37. The van der Waals surface area contributed by atoms with Crippen LogP contribution in [0, 0.1) is 0 Å². The van der Waals surface area contributed by atoms with Crippen LogP contribution < -0.4 is 10.1 Å². The van der Waals surface area contributed by atoms with E-state index >= 15 is 0 Å². The second-order valence-corrected chi connectivity index (χ2v) is 8.75. The van der Waals surface area contributed by atoms with E-state index in [-0.39, 0.29) is 11.5 Å². The molecule has 0 saturated carbocycles.